The highest BCUT2D eigenvalue weighted by Crippen LogP contribution is 2.17. The minimum Gasteiger partial charge on any atom is -0.481 e. The number of carbonyl (C=O) groups excluding carboxylic acids is 1. The SMILES string of the molecule is C#CCCCCC(=O)N1CCC[C@H](C(=O)O)C1. The van der Waals surface area contributed by atoms with Crippen LogP contribution in [0.3, 0.4) is 0 Å². The molecule has 1 fully saturated rings. The Hall–Kier alpha value is -1.50. The fraction of sp³-hybridized carbons (Fsp3) is 0.692. The van der Waals surface area contributed by atoms with Crippen molar-refractivity contribution in [2.45, 2.75) is 38.5 Å². The number of amides is 1. The number of hydrogen-bond donors (Lipinski definition) is 1. The Balaban J connectivity index is 2.31. The van der Waals surface area contributed by atoms with E-state index in [1.54, 1.807) is 4.90 Å². The molecule has 1 aliphatic heterocycles. The quantitative estimate of drug-likeness (QED) is 0.582. The van der Waals surface area contributed by atoms with Gasteiger partial charge in [0.1, 0.15) is 0 Å². The van der Waals surface area contributed by atoms with Crippen molar-refractivity contribution in [1.82, 2.24) is 4.90 Å². The van der Waals surface area contributed by atoms with Crippen LogP contribution < -0.4 is 0 Å². The fourth-order valence-electron chi connectivity index (χ4n) is 2.07. The first-order chi connectivity index (χ1) is 8.15. The van der Waals surface area contributed by atoms with Gasteiger partial charge in [-0.2, -0.15) is 0 Å². The van der Waals surface area contributed by atoms with E-state index in [1.807, 2.05) is 0 Å². The van der Waals surface area contributed by atoms with Crippen molar-refractivity contribution >= 4 is 11.9 Å². The summed E-state index contributed by atoms with van der Waals surface area (Å²) >= 11 is 0. The summed E-state index contributed by atoms with van der Waals surface area (Å²) in [6.45, 7) is 1.06. The normalized spacial score (nSPS) is 19.7. The third kappa shape index (κ3) is 4.48. The Morgan fingerprint density at radius 3 is 2.82 bits per heavy atom. The van der Waals surface area contributed by atoms with Crippen molar-refractivity contribution < 1.29 is 14.7 Å². The van der Waals surface area contributed by atoms with E-state index in [2.05, 4.69) is 5.92 Å². The van der Waals surface area contributed by atoms with E-state index in [0.29, 0.717) is 32.4 Å². The van der Waals surface area contributed by atoms with E-state index in [1.165, 1.54) is 0 Å². The van der Waals surface area contributed by atoms with E-state index >= 15 is 0 Å². The molecule has 1 amide bonds. The summed E-state index contributed by atoms with van der Waals surface area (Å²) in [5.74, 6) is 1.42. The Labute approximate surface area is 102 Å². The van der Waals surface area contributed by atoms with Gasteiger partial charge in [-0.05, 0) is 25.7 Å². The van der Waals surface area contributed by atoms with Gasteiger partial charge >= 0.3 is 5.97 Å². The summed E-state index contributed by atoms with van der Waals surface area (Å²) in [6.07, 6.45) is 9.42. The summed E-state index contributed by atoms with van der Waals surface area (Å²) in [7, 11) is 0. The molecule has 4 nitrogen and oxygen atoms in total. The number of carboxylic acids is 1. The zero-order chi connectivity index (χ0) is 12.7. The third-order valence-electron chi connectivity index (χ3n) is 3.09. The molecule has 4 heteroatoms. The van der Waals surface area contributed by atoms with Crippen LogP contribution in [0, 0.1) is 18.3 Å². The van der Waals surface area contributed by atoms with Crippen LogP contribution in [-0.2, 0) is 9.59 Å². The standard InChI is InChI=1S/C13H19NO3/c1-2-3-4-5-8-12(15)14-9-6-7-11(10-14)13(16)17/h1,11H,3-10H2,(H,16,17)/t11-/m0/s1. The third-order valence-corrected chi connectivity index (χ3v) is 3.09. The van der Waals surface area contributed by atoms with Gasteiger partial charge in [0, 0.05) is 25.9 Å². The molecule has 0 aromatic heterocycles. The molecule has 1 N–H and O–H groups in total. The van der Waals surface area contributed by atoms with Crippen molar-refractivity contribution in [3.8, 4) is 12.3 Å². The van der Waals surface area contributed by atoms with Crippen LogP contribution in [0.15, 0.2) is 0 Å². The van der Waals surface area contributed by atoms with Crippen molar-refractivity contribution in [2.24, 2.45) is 5.92 Å². The van der Waals surface area contributed by atoms with Crippen LogP contribution in [0.2, 0.25) is 0 Å². The van der Waals surface area contributed by atoms with Gasteiger partial charge in [-0.1, -0.05) is 0 Å². The molecule has 0 spiro atoms. The molecule has 1 rings (SSSR count). The molecule has 0 unspecified atom stereocenters. The number of piperidine rings is 1. The summed E-state index contributed by atoms with van der Waals surface area (Å²) in [6, 6.07) is 0. The van der Waals surface area contributed by atoms with Crippen LogP contribution in [-0.4, -0.2) is 35.0 Å². The molecule has 1 aliphatic rings. The second-order valence-corrected chi connectivity index (χ2v) is 4.43. The maximum absolute atomic E-state index is 11.8. The molecule has 0 radical (unpaired) electrons. The predicted octanol–water partition coefficient (Wildman–Crippen LogP) is 1.50. The smallest absolute Gasteiger partial charge is 0.308 e. The van der Waals surface area contributed by atoms with Gasteiger partial charge < -0.3 is 10.0 Å². The average Bonchev–Trinajstić information content (AvgIpc) is 2.34. The molecule has 94 valence electrons. The number of rotatable bonds is 5. The van der Waals surface area contributed by atoms with Crippen LogP contribution in [0.25, 0.3) is 0 Å². The summed E-state index contributed by atoms with van der Waals surface area (Å²) < 4.78 is 0. The molecule has 1 saturated heterocycles. The monoisotopic (exact) mass is 237 g/mol. The lowest BCUT2D eigenvalue weighted by Crippen LogP contribution is -2.42. The Morgan fingerprint density at radius 2 is 2.18 bits per heavy atom. The number of carbonyl (C=O) groups is 2. The zero-order valence-corrected chi connectivity index (χ0v) is 10.0. The van der Waals surface area contributed by atoms with E-state index in [-0.39, 0.29) is 5.91 Å². The molecule has 0 saturated carbocycles. The number of unbranched alkanes of at least 4 members (excludes halogenated alkanes) is 2. The molecule has 17 heavy (non-hydrogen) atoms. The van der Waals surface area contributed by atoms with Gasteiger partial charge in [0.15, 0.2) is 0 Å². The molecule has 0 aromatic rings. The van der Waals surface area contributed by atoms with Gasteiger partial charge in [-0.15, -0.1) is 12.3 Å². The summed E-state index contributed by atoms with van der Waals surface area (Å²) in [5.41, 5.74) is 0. The second-order valence-electron chi connectivity index (χ2n) is 4.43. The highest BCUT2D eigenvalue weighted by Gasteiger charge is 2.27. The number of nitrogens with zero attached hydrogens (tertiary/aromatic N) is 1. The Kier molecular flexibility index (Phi) is 5.55. The van der Waals surface area contributed by atoms with Gasteiger partial charge in [0.25, 0.3) is 0 Å². The molecular formula is C13H19NO3. The second kappa shape index (κ2) is 6.95. The van der Waals surface area contributed by atoms with Crippen LogP contribution in [0.4, 0.5) is 0 Å². The highest BCUT2D eigenvalue weighted by molar-refractivity contribution is 5.78. The maximum atomic E-state index is 11.8. The van der Waals surface area contributed by atoms with Crippen molar-refractivity contribution in [2.75, 3.05) is 13.1 Å². The van der Waals surface area contributed by atoms with Gasteiger partial charge in [-0.25, -0.2) is 0 Å². The summed E-state index contributed by atoms with van der Waals surface area (Å²) in [4.78, 5) is 24.4. The van der Waals surface area contributed by atoms with E-state index in [4.69, 9.17) is 11.5 Å². The van der Waals surface area contributed by atoms with E-state index in [0.717, 1.165) is 19.3 Å². The van der Waals surface area contributed by atoms with E-state index < -0.39 is 11.9 Å². The van der Waals surface area contributed by atoms with Gasteiger partial charge in [-0.3, -0.25) is 9.59 Å². The first-order valence-electron chi connectivity index (χ1n) is 6.09. The van der Waals surface area contributed by atoms with E-state index in [9.17, 15) is 9.59 Å². The van der Waals surface area contributed by atoms with Crippen LogP contribution >= 0.6 is 0 Å². The highest BCUT2D eigenvalue weighted by atomic mass is 16.4. The first-order valence-corrected chi connectivity index (χ1v) is 6.09. The lowest BCUT2D eigenvalue weighted by atomic mass is 9.98. The first kappa shape index (κ1) is 13.6. The van der Waals surface area contributed by atoms with Crippen LogP contribution in [0.5, 0.6) is 0 Å². The number of hydrogen-bond acceptors (Lipinski definition) is 2. The molecule has 0 bridgehead atoms. The Morgan fingerprint density at radius 1 is 1.41 bits per heavy atom. The predicted molar refractivity (Wildman–Crippen MR) is 64.2 cm³/mol. The average molecular weight is 237 g/mol. The minimum absolute atomic E-state index is 0.0629. The zero-order valence-electron chi connectivity index (χ0n) is 10.0. The number of carboxylic acid groups (broad SMARTS) is 1. The Bertz CT molecular complexity index is 319. The number of likely N-dealkylation sites (tertiary alicyclic amines) is 1. The fourth-order valence-corrected chi connectivity index (χ4v) is 2.07. The molecular weight excluding hydrogens is 218 g/mol. The maximum Gasteiger partial charge on any atom is 0.308 e. The lowest BCUT2D eigenvalue weighted by Gasteiger charge is -2.30. The van der Waals surface area contributed by atoms with Gasteiger partial charge in [0.05, 0.1) is 5.92 Å². The topological polar surface area (TPSA) is 57.6 Å². The van der Waals surface area contributed by atoms with Gasteiger partial charge in [0.2, 0.25) is 5.91 Å². The van der Waals surface area contributed by atoms with Crippen molar-refractivity contribution in [3.63, 3.8) is 0 Å². The summed E-state index contributed by atoms with van der Waals surface area (Å²) in [5, 5.41) is 8.92. The number of aliphatic carboxylic acids is 1. The van der Waals surface area contributed by atoms with Crippen molar-refractivity contribution in [3.05, 3.63) is 0 Å². The molecule has 0 aromatic carbocycles. The lowest BCUT2D eigenvalue weighted by molar-refractivity contribution is -0.145. The molecule has 1 atom stereocenters. The largest absolute Gasteiger partial charge is 0.481 e. The molecule has 0 aliphatic carbocycles. The molecule has 1 heterocycles. The van der Waals surface area contributed by atoms with Crippen LogP contribution in [0.1, 0.15) is 38.5 Å². The van der Waals surface area contributed by atoms with Crippen molar-refractivity contribution in [1.29, 1.82) is 0 Å². The number of terminal acetylenes is 1. The minimum atomic E-state index is -0.796.